The van der Waals surface area contributed by atoms with Crippen LogP contribution in [0.2, 0.25) is 0 Å². The first-order chi connectivity index (χ1) is 12.1. The van der Waals surface area contributed by atoms with Crippen LogP contribution >= 0.6 is 0 Å². The third-order valence-electron chi connectivity index (χ3n) is 3.55. The minimum absolute atomic E-state index is 0.0394. The summed E-state index contributed by atoms with van der Waals surface area (Å²) in [6, 6.07) is 5.72. The lowest BCUT2D eigenvalue weighted by molar-refractivity contribution is 0.0995. The van der Waals surface area contributed by atoms with Crippen LogP contribution < -0.4 is 22.1 Å². The Morgan fingerprint density at radius 3 is 2.88 bits per heavy atom. The second-order valence-electron chi connectivity index (χ2n) is 5.27. The summed E-state index contributed by atoms with van der Waals surface area (Å²) in [5.41, 5.74) is 12.5. The first-order valence-corrected chi connectivity index (χ1v) is 7.83. The van der Waals surface area contributed by atoms with Crippen molar-refractivity contribution in [2.24, 2.45) is 11.5 Å². The van der Waals surface area contributed by atoms with Gasteiger partial charge < -0.3 is 22.1 Å². The summed E-state index contributed by atoms with van der Waals surface area (Å²) >= 11 is 0. The topological polar surface area (TPSA) is 150 Å². The van der Waals surface area contributed by atoms with E-state index in [1.807, 2.05) is 29.8 Å². The molecule has 0 unspecified atom stereocenters. The second-order valence-corrected chi connectivity index (χ2v) is 5.27. The Hall–Kier alpha value is -3.27. The van der Waals surface area contributed by atoms with Gasteiger partial charge >= 0.3 is 0 Å². The van der Waals surface area contributed by atoms with E-state index < -0.39 is 5.91 Å². The van der Waals surface area contributed by atoms with Gasteiger partial charge in [0.05, 0.1) is 11.7 Å². The van der Waals surface area contributed by atoms with E-state index >= 15 is 0 Å². The highest BCUT2D eigenvalue weighted by molar-refractivity contribution is 5.96. The molecule has 0 aliphatic rings. The maximum absolute atomic E-state index is 11.6. The number of primary amides is 1. The molecular formula is C15H19N9O. The van der Waals surface area contributed by atoms with Crippen LogP contribution in [0.3, 0.4) is 0 Å². The molecule has 0 spiro atoms. The molecule has 2 aromatic heterocycles. The number of rotatable bonds is 7. The predicted molar refractivity (Wildman–Crippen MR) is 94.6 cm³/mol. The standard InChI is InChI=1S/C15H19N9O/c1-2-24-11-7-10(4-3-9(11)8-19-24)20-14-12(13(17)25)22-23-15(21-14)18-6-5-16/h3-4,7-8H,2,5-6,16H2,1H3,(H2,17,25)(H2,18,20,21,23). The van der Waals surface area contributed by atoms with Crippen molar-refractivity contribution in [1.82, 2.24) is 25.0 Å². The summed E-state index contributed by atoms with van der Waals surface area (Å²) in [5, 5.41) is 19.0. The van der Waals surface area contributed by atoms with Crippen molar-refractivity contribution >= 4 is 34.3 Å². The maximum Gasteiger partial charge on any atom is 0.273 e. The molecule has 0 fully saturated rings. The molecule has 0 atom stereocenters. The molecule has 1 aromatic carbocycles. The molecular weight excluding hydrogens is 322 g/mol. The molecule has 1 amide bonds. The Morgan fingerprint density at radius 2 is 2.16 bits per heavy atom. The number of carbonyl (C=O) groups excluding carboxylic acids is 1. The third-order valence-corrected chi connectivity index (χ3v) is 3.55. The van der Waals surface area contributed by atoms with Gasteiger partial charge in [-0.3, -0.25) is 9.48 Å². The van der Waals surface area contributed by atoms with Gasteiger partial charge in [-0.15, -0.1) is 10.2 Å². The second kappa shape index (κ2) is 7.09. The van der Waals surface area contributed by atoms with E-state index in [-0.39, 0.29) is 17.5 Å². The van der Waals surface area contributed by atoms with Gasteiger partial charge in [0.2, 0.25) is 5.95 Å². The van der Waals surface area contributed by atoms with Crippen LogP contribution in [0.25, 0.3) is 10.9 Å². The first kappa shape index (κ1) is 16.6. The first-order valence-electron chi connectivity index (χ1n) is 7.83. The zero-order valence-electron chi connectivity index (χ0n) is 13.7. The number of nitrogens with two attached hydrogens (primary N) is 2. The fourth-order valence-corrected chi connectivity index (χ4v) is 2.37. The molecule has 10 heteroatoms. The molecule has 130 valence electrons. The molecule has 0 bridgehead atoms. The molecule has 6 N–H and O–H groups in total. The highest BCUT2D eigenvalue weighted by Crippen LogP contribution is 2.23. The van der Waals surface area contributed by atoms with Crippen LogP contribution in [-0.2, 0) is 6.54 Å². The van der Waals surface area contributed by atoms with E-state index in [9.17, 15) is 4.79 Å². The molecule has 3 aromatic rings. The van der Waals surface area contributed by atoms with Crippen molar-refractivity contribution in [2.75, 3.05) is 23.7 Å². The highest BCUT2D eigenvalue weighted by atomic mass is 16.1. The molecule has 0 radical (unpaired) electrons. The molecule has 0 saturated heterocycles. The fourth-order valence-electron chi connectivity index (χ4n) is 2.37. The number of hydrogen-bond acceptors (Lipinski definition) is 8. The summed E-state index contributed by atoms with van der Waals surface area (Å²) in [6.45, 7) is 3.67. The van der Waals surface area contributed by atoms with Crippen LogP contribution in [0.1, 0.15) is 17.4 Å². The van der Waals surface area contributed by atoms with E-state index in [1.165, 1.54) is 0 Å². The van der Waals surface area contributed by atoms with Crippen LogP contribution in [0.4, 0.5) is 17.5 Å². The maximum atomic E-state index is 11.6. The van der Waals surface area contributed by atoms with Gasteiger partial charge in [0.15, 0.2) is 11.5 Å². The molecule has 10 nitrogen and oxygen atoms in total. The van der Waals surface area contributed by atoms with Crippen LogP contribution in [0, 0.1) is 0 Å². The Balaban J connectivity index is 1.96. The number of aromatic nitrogens is 5. The van der Waals surface area contributed by atoms with E-state index in [2.05, 4.69) is 30.9 Å². The van der Waals surface area contributed by atoms with Crippen LogP contribution in [-0.4, -0.2) is 44.0 Å². The summed E-state index contributed by atoms with van der Waals surface area (Å²) in [4.78, 5) is 15.9. The van der Waals surface area contributed by atoms with Crippen molar-refractivity contribution in [3.63, 3.8) is 0 Å². The van der Waals surface area contributed by atoms with Crippen molar-refractivity contribution < 1.29 is 4.79 Å². The monoisotopic (exact) mass is 341 g/mol. The Bertz CT molecular complexity index is 905. The number of benzene rings is 1. The molecule has 0 aliphatic heterocycles. The summed E-state index contributed by atoms with van der Waals surface area (Å²) in [5.74, 6) is -0.228. The Labute approximate surface area is 143 Å². The van der Waals surface area contributed by atoms with Gasteiger partial charge in [-0.25, -0.2) is 0 Å². The quantitative estimate of drug-likeness (QED) is 0.484. The number of amides is 1. The zero-order chi connectivity index (χ0) is 17.8. The summed E-state index contributed by atoms with van der Waals surface area (Å²) < 4.78 is 1.88. The summed E-state index contributed by atoms with van der Waals surface area (Å²) in [7, 11) is 0. The molecule has 3 rings (SSSR count). The van der Waals surface area contributed by atoms with Gasteiger partial charge in [-0.05, 0) is 25.1 Å². The van der Waals surface area contributed by atoms with Gasteiger partial charge in [0.1, 0.15) is 0 Å². The van der Waals surface area contributed by atoms with Crippen molar-refractivity contribution in [3.8, 4) is 0 Å². The van der Waals surface area contributed by atoms with Crippen LogP contribution in [0.15, 0.2) is 24.4 Å². The van der Waals surface area contributed by atoms with Gasteiger partial charge in [-0.2, -0.15) is 10.1 Å². The number of carbonyl (C=O) groups is 1. The van der Waals surface area contributed by atoms with E-state index in [4.69, 9.17) is 11.5 Å². The lowest BCUT2D eigenvalue weighted by Gasteiger charge is -2.10. The van der Waals surface area contributed by atoms with Gasteiger partial charge in [-0.1, -0.05) is 0 Å². The average molecular weight is 341 g/mol. The fraction of sp³-hybridized carbons (Fsp3) is 0.267. The van der Waals surface area contributed by atoms with Crippen molar-refractivity contribution in [1.29, 1.82) is 0 Å². The highest BCUT2D eigenvalue weighted by Gasteiger charge is 2.15. The Morgan fingerprint density at radius 1 is 1.32 bits per heavy atom. The lowest BCUT2D eigenvalue weighted by Crippen LogP contribution is -2.20. The van der Waals surface area contributed by atoms with Crippen molar-refractivity contribution in [2.45, 2.75) is 13.5 Å². The van der Waals surface area contributed by atoms with Gasteiger partial charge in [0, 0.05) is 30.7 Å². The van der Waals surface area contributed by atoms with E-state index in [0.717, 1.165) is 23.1 Å². The molecule has 0 saturated carbocycles. The van der Waals surface area contributed by atoms with Gasteiger partial charge in [0.25, 0.3) is 5.91 Å². The Kier molecular flexibility index (Phi) is 4.70. The largest absolute Gasteiger partial charge is 0.364 e. The number of nitrogens with zero attached hydrogens (tertiary/aromatic N) is 5. The number of nitrogens with one attached hydrogen (secondary N) is 2. The van der Waals surface area contributed by atoms with Crippen LogP contribution in [0.5, 0.6) is 0 Å². The number of hydrogen-bond donors (Lipinski definition) is 4. The smallest absolute Gasteiger partial charge is 0.273 e. The lowest BCUT2D eigenvalue weighted by atomic mass is 10.2. The molecule has 2 heterocycles. The van der Waals surface area contributed by atoms with Crippen molar-refractivity contribution in [3.05, 3.63) is 30.1 Å². The average Bonchev–Trinajstić information content (AvgIpc) is 3.02. The third kappa shape index (κ3) is 3.48. The van der Waals surface area contributed by atoms with E-state index in [0.29, 0.717) is 13.1 Å². The normalized spacial score (nSPS) is 10.8. The molecule has 0 aliphatic carbocycles. The minimum atomic E-state index is -0.715. The summed E-state index contributed by atoms with van der Waals surface area (Å²) in [6.07, 6.45) is 1.80. The SMILES string of the molecule is CCn1ncc2ccc(Nc3nc(NCCN)nnc3C(N)=O)cc21. The zero-order valence-corrected chi connectivity index (χ0v) is 13.7. The molecule has 25 heavy (non-hydrogen) atoms. The minimum Gasteiger partial charge on any atom is -0.364 e. The van der Waals surface area contributed by atoms with E-state index in [1.54, 1.807) is 6.20 Å². The number of aryl methyl sites for hydroxylation is 1. The predicted octanol–water partition coefficient (Wildman–Crippen LogP) is 0.454. The number of anilines is 3. The number of fused-ring (bicyclic) bond motifs is 1.